The lowest BCUT2D eigenvalue weighted by Crippen LogP contribution is -2.30. The summed E-state index contributed by atoms with van der Waals surface area (Å²) in [5.41, 5.74) is 1.90. The van der Waals surface area contributed by atoms with E-state index in [1.165, 1.54) is 4.90 Å². The number of nitrogens with zero attached hydrogens (tertiary/aromatic N) is 3. The number of aromatic nitrogens is 2. The molecule has 1 amide bonds. The summed E-state index contributed by atoms with van der Waals surface area (Å²) in [4.78, 5) is 15.2. The van der Waals surface area contributed by atoms with Gasteiger partial charge in [0.05, 0.1) is 12.2 Å². The highest BCUT2D eigenvalue weighted by Gasteiger charge is 2.10. The molecule has 0 radical (unpaired) electrons. The molecule has 0 aliphatic heterocycles. The van der Waals surface area contributed by atoms with Crippen LogP contribution in [0.4, 0.5) is 11.5 Å². The van der Waals surface area contributed by atoms with Crippen LogP contribution in [0, 0.1) is 6.92 Å². The molecule has 2 rings (SSSR count). The molecular formula is C15H20N4OS. The van der Waals surface area contributed by atoms with E-state index in [-0.39, 0.29) is 5.91 Å². The van der Waals surface area contributed by atoms with Crippen molar-refractivity contribution in [1.82, 2.24) is 9.78 Å². The Kier molecular flexibility index (Phi) is 4.90. The van der Waals surface area contributed by atoms with Crippen LogP contribution in [0.25, 0.3) is 0 Å². The van der Waals surface area contributed by atoms with Crippen molar-refractivity contribution in [2.24, 2.45) is 7.05 Å². The molecule has 6 heteroatoms. The van der Waals surface area contributed by atoms with E-state index in [9.17, 15) is 4.79 Å². The van der Waals surface area contributed by atoms with Crippen molar-refractivity contribution in [3.8, 4) is 0 Å². The summed E-state index contributed by atoms with van der Waals surface area (Å²) in [7, 11) is 3.72. The molecule has 5 nitrogen and oxygen atoms in total. The maximum atomic E-state index is 12.1. The van der Waals surface area contributed by atoms with Crippen LogP contribution < -0.4 is 10.2 Å². The van der Waals surface area contributed by atoms with E-state index in [0.29, 0.717) is 12.4 Å². The van der Waals surface area contributed by atoms with Gasteiger partial charge in [-0.25, -0.2) is 0 Å². The third-order valence-electron chi connectivity index (χ3n) is 3.16. The summed E-state index contributed by atoms with van der Waals surface area (Å²) in [6.07, 6.45) is 2.04. The van der Waals surface area contributed by atoms with Crippen LogP contribution >= 0.6 is 11.8 Å². The molecule has 0 saturated heterocycles. The lowest BCUT2D eigenvalue weighted by atomic mass is 10.3. The molecule has 1 N–H and O–H groups in total. The fourth-order valence-corrected chi connectivity index (χ4v) is 2.46. The van der Waals surface area contributed by atoms with Gasteiger partial charge in [0.1, 0.15) is 5.82 Å². The number of rotatable bonds is 5. The number of carbonyl (C=O) groups is 1. The maximum absolute atomic E-state index is 12.1. The third kappa shape index (κ3) is 4.01. The molecule has 0 atom stereocenters. The smallest absolute Gasteiger partial charge is 0.245 e. The van der Waals surface area contributed by atoms with Crippen molar-refractivity contribution in [3.63, 3.8) is 0 Å². The van der Waals surface area contributed by atoms with Crippen LogP contribution in [0.1, 0.15) is 5.69 Å². The number of carbonyl (C=O) groups excluding carboxylic acids is 1. The zero-order chi connectivity index (χ0) is 15.4. The average molecular weight is 304 g/mol. The van der Waals surface area contributed by atoms with Gasteiger partial charge in [0, 0.05) is 30.7 Å². The van der Waals surface area contributed by atoms with Crippen molar-refractivity contribution < 1.29 is 4.79 Å². The Bertz CT molecular complexity index is 621. The minimum atomic E-state index is -0.0607. The molecule has 21 heavy (non-hydrogen) atoms. The Morgan fingerprint density at radius 1 is 1.38 bits per heavy atom. The normalized spacial score (nSPS) is 10.5. The monoisotopic (exact) mass is 304 g/mol. The molecule has 2 aromatic rings. The Hall–Kier alpha value is -1.95. The SMILES string of the molecule is CSc1ccc(N(C)CC(=O)Nc2cc(C)nn2C)cc1. The maximum Gasteiger partial charge on any atom is 0.245 e. The van der Waals surface area contributed by atoms with E-state index in [0.717, 1.165) is 11.4 Å². The van der Waals surface area contributed by atoms with Crippen molar-refractivity contribution in [3.05, 3.63) is 36.0 Å². The van der Waals surface area contributed by atoms with Crippen molar-refractivity contribution >= 4 is 29.2 Å². The molecule has 0 saturated carbocycles. The third-order valence-corrected chi connectivity index (χ3v) is 3.91. The molecular weight excluding hydrogens is 284 g/mol. The van der Waals surface area contributed by atoms with E-state index >= 15 is 0 Å². The number of nitrogens with one attached hydrogen (secondary N) is 1. The highest BCUT2D eigenvalue weighted by molar-refractivity contribution is 7.98. The summed E-state index contributed by atoms with van der Waals surface area (Å²) in [6, 6.07) is 10.0. The molecule has 1 heterocycles. The molecule has 0 fully saturated rings. The van der Waals surface area contributed by atoms with E-state index in [4.69, 9.17) is 0 Å². The van der Waals surface area contributed by atoms with Gasteiger partial charge in [-0.15, -0.1) is 11.8 Å². The fraction of sp³-hybridized carbons (Fsp3) is 0.333. The van der Waals surface area contributed by atoms with Gasteiger partial charge in [-0.05, 0) is 37.4 Å². The van der Waals surface area contributed by atoms with Crippen LogP contribution in [-0.2, 0) is 11.8 Å². The molecule has 0 aliphatic carbocycles. The highest BCUT2D eigenvalue weighted by Crippen LogP contribution is 2.19. The van der Waals surface area contributed by atoms with Gasteiger partial charge in [0.15, 0.2) is 0 Å². The van der Waals surface area contributed by atoms with Crippen molar-refractivity contribution in [1.29, 1.82) is 0 Å². The summed E-state index contributed by atoms with van der Waals surface area (Å²) < 4.78 is 1.67. The van der Waals surface area contributed by atoms with Crippen molar-refractivity contribution in [2.75, 3.05) is 30.1 Å². The van der Waals surface area contributed by atoms with Gasteiger partial charge >= 0.3 is 0 Å². The topological polar surface area (TPSA) is 50.2 Å². The van der Waals surface area contributed by atoms with Crippen molar-refractivity contribution in [2.45, 2.75) is 11.8 Å². The van der Waals surface area contributed by atoms with E-state index in [1.54, 1.807) is 16.4 Å². The first kappa shape index (κ1) is 15.4. The number of likely N-dealkylation sites (N-methyl/N-ethyl adjacent to an activating group) is 1. The van der Waals surface area contributed by atoms with Gasteiger partial charge in [0.25, 0.3) is 0 Å². The first-order valence-corrected chi connectivity index (χ1v) is 7.87. The van der Waals surface area contributed by atoms with E-state index in [1.807, 2.05) is 50.4 Å². The Labute approximate surface area is 129 Å². The standard InChI is InChI=1S/C15H20N4OS/c1-11-9-14(19(3)17-11)16-15(20)10-18(2)12-5-7-13(21-4)8-6-12/h5-9H,10H2,1-4H3,(H,16,20). The molecule has 0 unspecified atom stereocenters. The molecule has 0 aliphatic rings. The largest absolute Gasteiger partial charge is 0.365 e. The van der Waals surface area contributed by atoms with E-state index in [2.05, 4.69) is 22.5 Å². The Morgan fingerprint density at radius 3 is 2.57 bits per heavy atom. The molecule has 0 spiro atoms. The molecule has 1 aromatic carbocycles. The minimum absolute atomic E-state index is 0.0607. The first-order chi connectivity index (χ1) is 9.99. The minimum Gasteiger partial charge on any atom is -0.365 e. The summed E-state index contributed by atoms with van der Waals surface area (Å²) in [5.74, 6) is 0.651. The van der Waals surface area contributed by atoms with Gasteiger partial charge in [-0.2, -0.15) is 5.10 Å². The lowest BCUT2D eigenvalue weighted by Gasteiger charge is -2.19. The van der Waals surface area contributed by atoms with Gasteiger partial charge in [-0.3, -0.25) is 9.48 Å². The number of anilines is 2. The second-order valence-electron chi connectivity index (χ2n) is 4.90. The number of amides is 1. The number of hydrogen-bond acceptors (Lipinski definition) is 4. The predicted molar refractivity (Wildman–Crippen MR) is 88.1 cm³/mol. The first-order valence-electron chi connectivity index (χ1n) is 6.65. The number of hydrogen-bond donors (Lipinski definition) is 1. The lowest BCUT2D eigenvalue weighted by molar-refractivity contribution is -0.115. The highest BCUT2D eigenvalue weighted by atomic mass is 32.2. The number of benzene rings is 1. The average Bonchev–Trinajstić information content (AvgIpc) is 2.76. The summed E-state index contributed by atoms with van der Waals surface area (Å²) >= 11 is 1.70. The molecule has 112 valence electrons. The van der Waals surface area contributed by atoms with Gasteiger partial charge in [0.2, 0.25) is 5.91 Å². The van der Waals surface area contributed by atoms with E-state index < -0.39 is 0 Å². The van der Waals surface area contributed by atoms with Gasteiger partial charge < -0.3 is 10.2 Å². The molecule has 0 bridgehead atoms. The zero-order valence-corrected chi connectivity index (χ0v) is 13.6. The second-order valence-corrected chi connectivity index (χ2v) is 5.78. The van der Waals surface area contributed by atoms with Crippen LogP contribution in [-0.4, -0.2) is 35.5 Å². The summed E-state index contributed by atoms with van der Waals surface area (Å²) in [6.45, 7) is 2.19. The zero-order valence-electron chi connectivity index (χ0n) is 12.8. The molecule has 1 aromatic heterocycles. The predicted octanol–water partition coefficient (Wildman–Crippen LogP) is 2.53. The Balaban J connectivity index is 1.96. The quantitative estimate of drug-likeness (QED) is 0.862. The second kappa shape index (κ2) is 6.67. The fourth-order valence-electron chi connectivity index (χ4n) is 2.05. The number of aryl methyl sites for hydroxylation is 2. The summed E-state index contributed by atoms with van der Waals surface area (Å²) in [5, 5.41) is 7.08. The van der Waals surface area contributed by atoms with Crippen LogP contribution in [0.3, 0.4) is 0 Å². The van der Waals surface area contributed by atoms with Crippen LogP contribution in [0.5, 0.6) is 0 Å². The van der Waals surface area contributed by atoms with Crippen LogP contribution in [0.15, 0.2) is 35.2 Å². The Morgan fingerprint density at radius 2 is 2.05 bits per heavy atom. The van der Waals surface area contributed by atoms with Crippen LogP contribution in [0.2, 0.25) is 0 Å². The number of thioether (sulfide) groups is 1. The van der Waals surface area contributed by atoms with Gasteiger partial charge in [-0.1, -0.05) is 0 Å².